The summed E-state index contributed by atoms with van der Waals surface area (Å²) in [6.45, 7) is 1.95. The summed E-state index contributed by atoms with van der Waals surface area (Å²) in [6.07, 6.45) is 3.88. The highest BCUT2D eigenvalue weighted by Crippen LogP contribution is 2.34. The second-order valence-electron chi connectivity index (χ2n) is 8.55. The van der Waals surface area contributed by atoms with Crippen LogP contribution in [0, 0.1) is 0 Å². The molecule has 9 heteroatoms. The normalized spacial score (nSPS) is 18.3. The average Bonchev–Trinajstić information content (AvgIpc) is 3.43. The van der Waals surface area contributed by atoms with E-state index in [4.69, 9.17) is 10.7 Å². The number of amides is 3. The van der Waals surface area contributed by atoms with Crippen LogP contribution in [-0.4, -0.2) is 77.8 Å². The third-order valence-electron chi connectivity index (χ3n) is 6.09. The molecule has 0 aliphatic carbocycles. The third kappa shape index (κ3) is 4.42. The lowest BCUT2D eigenvalue weighted by atomic mass is 9.95. The minimum absolute atomic E-state index is 0.0260. The van der Waals surface area contributed by atoms with Crippen LogP contribution in [0.15, 0.2) is 30.5 Å². The molecule has 4 rings (SSSR count). The maximum atomic E-state index is 12.8. The summed E-state index contributed by atoms with van der Waals surface area (Å²) in [5.74, 6) is 0.150. The lowest BCUT2D eigenvalue weighted by Crippen LogP contribution is -2.39. The van der Waals surface area contributed by atoms with Crippen LogP contribution in [0.2, 0.25) is 0 Å². The van der Waals surface area contributed by atoms with E-state index in [1.165, 1.54) is 0 Å². The highest BCUT2D eigenvalue weighted by Gasteiger charge is 2.32. The van der Waals surface area contributed by atoms with Gasteiger partial charge in [0.2, 0.25) is 23.7 Å². The van der Waals surface area contributed by atoms with Crippen molar-refractivity contribution in [3.8, 4) is 11.1 Å². The molecule has 2 aliphatic heterocycles. The van der Waals surface area contributed by atoms with Crippen molar-refractivity contribution in [2.24, 2.45) is 5.73 Å². The van der Waals surface area contributed by atoms with Crippen molar-refractivity contribution in [1.29, 1.82) is 0 Å². The van der Waals surface area contributed by atoms with E-state index in [2.05, 4.69) is 4.98 Å². The van der Waals surface area contributed by atoms with Crippen molar-refractivity contribution in [3.63, 3.8) is 0 Å². The Kier molecular flexibility index (Phi) is 6.07. The van der Waals surface area contributed by atoms with E-state index in [9.17, 15) is 14.4 Å². The van der Waals surface area contributed by atoms with Gasteiger partial charge in [-0.05, 0) is 30.5 Å². The number of carbonyl (C=O) groups excluding carboxylic acids is 3. The number of rotatable bonds is 6. The summed E-state index contributed by atoms with van der Waals surface area (Å²) in [7, 11) is 3.76. The molecular weight excluding hydrogens is 408 g/mol. The number of anilines is 1. The SMILES string of the molecule is CN(C)c1ncc(-c2cccc(C(N)=O)c2)c(C2CCN(C(=O)CN3CCCC3=O)C2)n1. The number of hydrogen-bond donors (Lipinski definition) is 1. The first-order valence-corrected chi connectivity index (χ1v) is 10.8. The first-order chi connectivity index (χ1) is 15.3. The van der Waals surface area contributed by atoms with Gasteiger partial charge in [-0.2, -0.15) is 0 Å². The van der Waals surface area contributed by atoms with Gasteiger partial charge in [0, 0.05) is 63.4 Å². The Hall–Kier alpha value is -3.49. The van der Waals surface area contributed by atoms with Gasteiger partial charge in [0.15, 0.2) is 0 Å². The quantitative estimate of drug-likeness (QED) is 0.729. The van der Waals surface area contributed by atoms with Crippen LogP contribution < -0.4 is 10.6 Å². The standard InChI is InChI=1S/C23H28N6O3/c1-27(2)23-25-12-18(15-5-3-6-16(11-15)22(24)32)21(26-23)17-8-10-29(13-17)20(31)14-28-9-4-7-19(28)30/h3,5-6,11-12,17H,4,7-10,13-14H2,1-2H3,(H2,24,32). The molecule has 32 heavy (non-hydrogen) atoms. The molecule has 1 aromatic carbocycles. The summed E-state index contributed by atoms with van der Waals surface area (Å²) < 4.78 is 0. The molecule has 0 bridgehead atoms. The Morgan fingerprint density at radius 3 is 2.75 bits per heavy atom. The molecule has 168 valence electrons. The molecule has 0 radical (unpaired) electrons. The smallest absolute Gasteiger partial charge is 0.248 e. The zero-order valence-corrected chi connectivity index (χ0v) is 18.5. The minimum Gasteiger partial charge on any atom is -0.366 e. The van der Waals surface area contributed by atoms with E-state index in [-0.39, 0.29) is 24.3 Å². The van der Waals surface area contributed by atoms with Crippen LogP contribution in [0.5, 0.6) is 0 Å². The highest BCUT2D eigenvalue weighted by molar-refractivity contribution is 5.94. The van der Waals surface area contributed by atoms with E-state index in [1.54, 1.807) is 29.3 Å². The van der Waals surface area contributed by atoms with Crippen LogP contribution in [0.4, 0.5) is 5.95 Å². The van der Waals surface area contributed by atoms with Crippen LogP contribution in [-0.2, 0) is 9.59 Å². The van der Waals surface area contributed by atoms with E-state index in [1.807, 2.05) is 30.0 Å². The number of hydrogen-bond acceptors (Lipinski definition) is 6. The van der Waals surface area contributed by atoms with Crippen molar-refractivity contribution in [1.82, 2.24) is 19.8 Å². The first-order valence-electron chi connectivity index (χ1n) is 10.8. The maximum Gasteiger partial charge on any atom is 0.248 e. The molecule has 1 aromatic heterocycles. The molecule has 2 N–H and O–H groups in total. The summed E-state index contributed by atoms with van der Waals surface area (Å²) in [5.41, 5.74) is 8.37. The van der Waals surface area contributed by atoms with Crippen molar-refractivity contribution in [3.05, 3.63) is 41.7 Å². The molecule has 1 unspecified atom stereocenters. The number of nitrogens with two attached hydrogens (primary N) is 1. The number of likely N-dealkylation sites (tertiary alicyclic amines) is 2. The lowest BCUT2D eigenvalue weighted by Gasteiger charge is -2.22. The molecule has 2 aliphatic rings. The van der Waals surface area contributed by atoms with Crippen molar-refractivity contribution < 1.29 is 14.4 Å². The summed E-state index contributed by atoms with van der Waals surface area (Å²) in [6, 6.07) is 7.12. The highest BCUT2D eigenvalue weighted by atomic mass is 16.2. The molecule has 3 amide bonds. The van der Waals surface area contributed by atoms with Gasteiger partial charge in [-0.15, -0.1) is 0 Å². The topological polar surface area (TPSA) is 113 Å². The molecule has 0 spiro atoms. The van der Waals surface area contributed by atoms with Crippen LogP contribution in [0.3, 0.4) is 0 Å². The van der Waals surface area contributed by atoms with Crippen LogP contribution >= 0.6 is 0 Å². The third-order valence-corrected chi connectivity index (χ3v) is 6.09. The van der Waals surface area contributed by atoms with Gasteiger partial charge in [-0.3, -0.25) is 14.4 Å². The van der Waals surface area contributed by atoms with Crippen molar-refractivity contribution in [2.45, 2.75) is 25.2 Å². The Bertz CT molecular complexity index is 1050. The minimum atomic E-state index is -0.492. The van der Waals surface area contributed by atoms with Crippen LogP contribution in [0.25, 0.3) is 11.1 Å². The largest absolute Gasteiger partial charge is 0.366 e. The van der Waals surface area contributed by atoms with Gasteiger partial charge in [-0.1, -0.05) is 12.1 Å². The molecule has 1 atom stereocenters. The fourth-order valence-corrected chi connectivity index (χ4v) is 4.32. The lowest BCUT2D eigenvalue weighted by molar-refractivity contribution is -0.137. The summed E-state index contributed by atoms with van der Waals surface area (Å²) in [5, 5.41) is 0. The van der Waals surface area contributed by atoms with Gasteiger partial charge in [-0.25, -0.2) is 9.97 Å². The van der Waals surface area contributed by atoms with E-state index in [0.717, 1.165) is 29.7 Å². The number of carbonyl (C=O) groups is 3. The second kappa shape index (κ2) is 8.94. The number of benzene rings is 1. The molecular formula is C23H28N6O3. The van der Waals surface area contributed by atoms with E-state index >= 15 is 0 Å². The fourth-order valence-electron chi connectivity index (χ4n) is 4.32. The molecule has 2 saturated heterocycles. The summed E-state index contributed by atoms with van der Waals surface area (Å²) in [4.78, 5) is 50.9. The number of aromatic nitrogens is 2. The second-order valence-corrected chi connectivity index (χ2v) is 8.55. The zero-order chi connectivity index (χ0) is 22.8. The van der Waals surface area contributed by atoms with Crippen molar-refractivity contribution >= 4 is 23.7 Å². The van der Waals surface area contributed by atoms with E-state index < -0.39 is 5.91 Å². The monoisotopic (exact) mass is 436 g/mol. The molecule has 0 saturated carbocycles. The number of nitrogens with zero attached hydrogens (tertiary/aromatic N) is 5. The van der Waals surface area contributed by atoms with Gasteiger partial charge >= 0.3 is 0 Å². The summed E-state index contributed by atoms with van der Waals surface area (Å²) >= 11 is 0. The Morgan fingerprint density at radius 1 is 1.25 bits per heavy atom. The zero-order valence-electron chi connectivity index (χ0n) is 18.5. The van der Waals surface area contributed by atoms with Gasteiger partial charge in [0.05, 0.1) is 12.2 Å². The van der Waals surface area contributed by atoms with Crippen molar-refractivity contribution in [2.75, 3.05) is 45.2 Å². The molecule has 2 fully saturated rings. The first kappa shape index (κ1) is 21.7. The van der Waals surface area contributed by atoms with Gasteiger partial charge in [0.1, 0.15) is 0 Å². The predicted molar refractivity (Wildman–Crippen MR) is 120 cm³/mol. The maximum absolute atomic E-state index is 12.8. The Balaban J connectivity index is 1.60. The molecule has 9 nitrogen and oxygen atoms in total. The average molecular weight is 437 g/mol. The number of primary amides is 1. The van der Waals surface area contributed by atoms with E-state index in [0.29, 0.717) is 37.6 Å². The van der Waals surface area contributed by atoms with Crippen LogP contribution in [0.1, 0.15) is 41.2 Å². The van der Waals surface area contributed by atoms with Gasteiger partial charge in [0.25, 0.3) is 0 Å². The van der Waals surface area contributed by atoms with Gasteiger partial charge < -0.3 is 20.4 Å². The Morgan fingerprint density at radius 2 is 2.06 bits per heavy atom. The Labute approximate surface area is 187 Å². The fraction of sp³-hybridized carbons (Fsp3) is 0.435. The molecule has 3 heterocycles. The predicted octanol–water partition coefficient (Wildman–Crippen LogP) is 1.25. The molecule has 2 aromatic rings.